The summed E-state index contributed by atoms with van der Waals surface area (Å²) in [7, 11) is 3.60. The van der Waals surface area contributed by atoms with Crippen molar-refractivity contribution in [3.05, 3.63) is 54.1 Å². The first-order valence-corrected chi connectivity index (χ1v) is 6.71. The van der Waals surface area contributed by atoms with Crippen LogP contribution in [0.4, 0.5) is 5.69 Å². The third-order valence-electron chi connectivity index (χ3n) is 3.17. The van der Waals surface area contributed by atoms with Gasteiger partial charge in [-0.15, -0.1) is 0 Å². The van der Waals surface area contributed by atoms with Crippen LogP contribution in [-0.4, -0.2) is 27.3 Å². The minimum Gasteiger partial charge on any atom is -0.493 e. The van der Waals surface area contributed by atoms with Crippen LogP contribution in [0.1, 0.15) is 5.56 Å². The lowest BCUT2D eigenvalue weighted by Gasteiger charge is -2.20. The van der Waals surface area contributed by atoms with Crippen molar-refractivity contribution in [3.8, 4) is 17.6 Å². The summed E-state index contributed by atoms with van der Waals surface area (Å²) >= 11 is 0. The van der Waals surface area contributed by atoms with Crippen molar-refractivity contribution in [2.75, 3.05) is 32.2 Å². The van der Waals surface area contributed by atoms with Crippen LogP contribution in [-0.2, 0) is 0 Å². The largest absolute Gasteiger partial charge is 0.493 e. The van der Waals surface area contributed by atoms with Gasteiger partial charge in [0.25, 0.3) is 0 Å². The van der Waals surface area contributed by atoms with E-state index in [4.69, 9.17) is 14.7 Å². The predicted molar refractivity (Wildman–Crippen MR) is 82.9 cm³/mol. The Balaban J connectivity index is 1.92. The number of nitrogens with zero attached hydrogens (tertiary/aromatic N) is 2. The van der Waals surface area contributed by atoms with E-state index in [1.807, 2.05) is 49.5 Å². The molecular weight excluding hydrogens is 264 g/mol. The zero-order chi connectivity index (χ0) is 15.1. The standard InChI is InChI=1S/C17H18N2O2/c1-19(15-7-5-6-14(12-15)13-18)10-11-21-17-9-4-3-8-16(17)20-2/h3-9,12H,10-11H2,1-2H3. The summed E-state index contributed by atoms with van der Waals surface area (Å²) in [5.41, 5.74) is 1.66. The van der Waals surface area contributed by atoms with Gasteiger partial charge in [-0.05, 0) is 30.3 Å². The summed E-state index contributed by atoms with van der Waals surface area (Å²) in [5.74, 6) is 1.46. The number of anilines is 1. The average Bonchev–Trinajstić information content (AvgIpc) is 2.55. The summed E-state index contributed by atoms with van der Waals surface area (Å²) in [6.07, 6.45) is 0. The summed E-state index contributed by atoms with van der Waals surface area (Å²) in [6, 6.07) is 17.2. The zero-order valence-corrected chi connectivity index (χ0v) is 12.2. The molecule has 0 unspecified atom stereocenters. The summed E-state index contributed by atoms with van der Waals surface area (Å²) in [4.78, 5) is 2.05. The van der Waals surface area contributed by atoms with Gasteiger partial charge in [0.2, 0.25) is 0 Å². The lowest BCUT2D eigenvalue weighted by Crippen LogP contribution is -2.23. The molecular formula is C17H18N2O2. The van der Waals surface area contributed by atoms with E-state index in [-0.39, 0.29) is 0 Å². The van der Waals surface area contributed by atoms with Crippen LogP contribution >= 0.6 is 0 Å². The molecule has 0 aromatic heterocycles. The lowest BCUT2D eigenvalue weighted by molar-refractivity contribution is 0.301. The fourth-order valence-corrected chi connectivity index (χ4v) is 1.97. The number of para-hydroxylation sites is 2. The number of ether oxygens (including phenoxy) is 2. The highest BCUT2D eigenvalue weighted by Crippen LogP contribution is 2.25. The number of hydrogen-bond donors (Lipinski definition) is 0. The summed E-state index contributed by atoms with van der Waals surface area (Å²) < 4.78 is 11.0. The van der Waals surface area contributed by atoms with Crippen molar-refractivity contribution in [1.82, 2.24) is 0 Å². The van der Waals surface area contributed by atoms with Crippen molar-refractivity contribution in [2.24, 2.45) is 0 Å². The van der Waals surface area contributed by atoms with Crippen molar-refractivity contribution >= 4 is 5.69 Å². The first-order chi connectivity index (χ1) is 10.2. The smallest absolute Gasteiger partial charge is 0.161 e. The van der Waals surface area contributed by atoms with Gasteiger partial charge in [-0.2, -0.15) is 5.26 Å². The Labute approximate surface area is 125 Å². The quantitative estimate of drug-likeness (QED) is 0.816. The highest BCUT2D eigenvalue weighted by Gasteiger charge is 2.05. The van der Waals surface area contributed by atoms with E-state index in [0.29, 0.717) is 18.7 Å². The molecule has 0 saturated carbocycles. The topological polar surface area (TPSA) is 45.5 Å². The van der Waals surface area contributed by atoms with Crippen LogP contribution in [0.2, 0.25) is 0 Å². The second-order valence-corrected chi connectivity index (χ2v) is 4.58. The monoisotopic (exact) mass is 282 g/mol. The molecule has 0 amide bonds. The maximum atomic E-state index is 8.92. The Bertz CT molecular complexity index is 635. The number of nitriles is 1. The van der Waals surface area contributed by atoms with E-state index in [2.05, 4.69) is 11.0 Å². The summed E-state index contributed by atoms with van der Waals surface area (Å²) in [5, 5.41) is 8.92. The number of benzene rings is 2. The van der Waals surface area contributed by atoms with E-state index in [1.54, 1.807) is 13.2 Å². The lowest BCUT2D eigenvalue weighted by atomic mass is 10.2. The van der Waals surface area contributed by atoms with Gasteiger partial charge < -0.3 is 14.4 Å². The maximum absolute atomic E-state index is 8.92. The molecule has 0 heterocycles. The van der Waals surface area contributed by atoms with E-state index >= 15 is 0 Å². The molecule has 21 heavy (non-hydrogen) atoms. The van der Waals surface area contributed by atoms with Crippen LogP contribution in [0.15, 0.2) is 48.5 Å². The van der Waals surface area contributed by atoms with Crippen molar-refractivity contribution < 1.29 is 9.47 Å². The molecule has 108 valence electrons. The minimum absolute atomic E-state index is 0.535. The van der Waals surface area contributed by atoms with Gasteiger partial charge in [0.05, 0.1) is 25.3 Å². The molecule has 0 radical (unpaired) electrons. The van der Waals surface area contributed by atoms with Crippen LogP contribution < -0.4 is 14.4 Å². The summed E-state index contributed by atoms with van der Waals surface area (Å²) in [6.45, 7) is 1.25. The van der Waals surface area contributed by atoms with Crippen molar-refractivity contribution in [2.45, 2.75) is 0 Å². The molecule has 4 nitrogen and oxygen atoms in total. The molecule has 0 saturated heterocycles. The fraction of sp³-hybridized carbons (Fsp3) is 0.235. The molecule has 0 aliphatic heterocycles. The molecule has 0 atom stereocenters. The normalized spacial score (nSPS) is 9.76. The van der Waals surface area contributed by atoms with Crippen LogP contribution in [0, 0.1) is 11.3 Å². The van der Waals surface area contributed by atoms with Crippen LogP contribution in [0.25, 0.3) is 0 Å². The molecule has 0 spiro atoms. The Morgan fingerprint density at radius 1 is 1.10 bits per heavy atom. The molecule has 2 aromatic carbocycles. The third kappa shape index (κ3) is 3.90. The van der Waals surface area contributed by atoms with Gasteiger partial charge in [0, 0.05) is 12.7 Å². The minimum atomic E-state index is 0.535. The second-order valence-electron chi connectivity index (χ2n) is 4.58. The number of methoxy groups -OCH3 is 1. The Hall–Kier alpha value is -2.67. The number of hydrogen-bond acceptors (Lipinski definition) is 4. The Morgan fingerprint density at radius 2 is 1.86 bits per heavy atom. The number of likely N-dealkylation sites (N-methyl/N-ethyl adjacent to an activating group) is 1. The molecule has 0 aliphatic rings. The fourth-order valence-electron chi connectivity index (χ4n) is 1.97. The first-order valence-electron chi connectivity index (χ1n) is 6.71. The third-order valence-corrected chi connectivity index (χ3v) is 3.17. The van der Waals surface area contributed by atoms with E-state index < -0.39 is 0 Å². The number of rotatable bonds is 6. The Morgan fingerprint density at radius 3 is 2.57 bits per heavy atom. The average molecular weight is 282 g/mol. The molecule has 0 N–H and O–H groups in total. The van der Waals surface area contributed by atoms with Gasteiger partial charge in [0.1, 0.15) is 6.61 Å². The molecule has 0 fully saturated rings. The predicted octanol–water partition coefficient (Wildman–Crippen LogP) is 3.08. The molecule has 4 heteroatoms. The SMILES string of the molecule is COc1ccccc1OCCN(C)c1cccc(C#N)c1. The molecule has 0 bridgehead atoms. The highest BCUT2D eigenvalue weighted by atomic mass is 16.5. The van der Waals surface area contributed by atoms with Gasteiger partial charge in [-0.1, -0.05) is 18.2 Å². The highest BCUT2D eigenvalue weighted by molar-refractivity contribution is 5.50. The van der Waals surface area contributed by atoms with Gasteiger partial charge in [0.15, 0.2) is 11.5 Å². The second kappa shape index (κ2) is 7.20. The molecule has 0 aliphatic carbocycles. The van der Waals surface area contributed by atoms with Crippen molar-refractivity contribution in [3.63, 3.8) is 0 Å². The van der Waals surface area contributed by atoms with Gasteiger partial charge >= 0.3 is 0 Å². The molecule has 2 aromatic rings. The van der Waals surface area contributed by atoms with E-state index in [9.17, 15) is 0 Å². The van der Waals surface area contributed by atoms with Gasteiger partial charge in [-0.3, -0.25) is 0 Å². The molecule has 2 rings (SSSR count). The van der Waals surface area contributed by atoms with Crippen molar-refractivity contribution in [1.29, 1.82) is 5.26 Å². The first kappa shape index (κ1) is 14.7. The van der Waals surface area contributed by atoms with Crippen LogP contribution in [0.5, 0.6) is 11.5 Å². The van der Waals surface area contributed by atoms with E-state index in [0.717, 1.165) is 17.2 Å². The maximum Gasteiger partial charge on any atom is 0.161 e. The Kier molecular flexibility index (Phi) is 5.05. The zero-order valence-electron chi connectivity index (χ0n) is 12.2. The van der Waals surface area contributed by atoms with E-state index in [1.165, 1.54) is 0 Å². The van der Waals surface area contributed by atoms with Crippen LogP contribution in [0.3, 0.4) is 0 Å². The van der Waals surface area contributed by atoms with Gasteiger partial charge in [-0.25, -0.2) is 0 Å².